The molecule has 0 bridgehead atoms. The number of hydrogen-bond acceptors (Lipinski definition) is 2. The molecular weight excluding hydrogens is 277 g/mol. The van der Waals surface area contributed by atoms with Crippen molar-refractivity contribution in [2.75, 3.05) is 13.1 Å². The Labute approximate surface area is 129 Å². The Hall–Kier alpha value is -2.20. The summed E-state index contributed by atoms with van der Waals surface area (Å²) in [6, 6.07) is 9.04. The van der Waals surface area contributed by atoms with E-state index in [-0.39, 0.29) is 11.9 Å². The minimum atomic E-state index is -0.207. The van der Waals surface area contributed by atoms with Crippen LogP contribution in [-0.4, -0.2) is 28.0 Å². The Balaban J connectivity index is 2.17. The van der Waals surface area contributed by atoms with Gasteiger partial charge in [0.25, 0.3) is 0 Å². The largest absolute Gasteiger partial charge is 0.361 e. The third kappa shape index (κ3) is 2.62. The van der Waals surface area contributed by atoms with Gasteiger partial charge < -0.3 is 4.98 Å². The van der Waals surface area contributed by atoms with Gasteiger partial charge >= 0.3 is 0 Å². The van der Waals surface area contributed by atoms with Crippen LogP contribution >= 0.6 is 0 Å². The molecule has 3 rings (SSSR count). The van der Waals surface area contributed by atoms with Gasteiger partial charge in [0.15, 0.2) is 0 Å². The van der Waals surface area contributed by atoms with Gasteiger partial charge in [0, 0.05) is 29.5 Å². The van der Waals surface area contributed by atoms with Gasteiger partial charge in [-0.25, -0.2) is 4.39 Å². The molecule has 4 heteroatoms. The second-order valence-corrected chi connectivity index (χ2v) is 5.34. The van der Waals surface area contributed by atoms with Crippen LogP contribution in [0.3, 0.4) is 0 Å². The van der Waals surface area contributed by atoms with E-state index in [2.05, 4.69) is 28.7 Å². The first kappa shape index (κ1) is 14.7. The van der Waals surface area contributed by atoms with Gasteiger partial charge in [-0.1, -0.05) is 13.8 Å². The number of pyridine rings is 1. The summed E-state index contributed by atoms with van der Waals surface area (Å²) in [5, 5.41) is 0.939. The van der Waals surface area contributed by atoms with Crippen LogP contribution in [-0.2, 0) is 0 Å². The Morgan fingerprint density at radius 3 is 2.55 bits per heavy atom. The van der Waals surface area contributed by atoms with Crippen LogP contribution in [0.2, 0.25) is 0 Å². The van der Waals surface area contributed by atoms with E-state index in [1.54, 1.807) is 24.5 Å². The Bertz CT molecular complexity index is 747. The van der Waals surface area contributed by atoms with Crippen molar-refractivity contribution in [3.63, 3.8) is 0 Å². The van der Waals surface area contributed by atoms with Crippen LogP contribution in [0.4, 0.5) is 4.39 Å². The highest BCUT2D eigenvalue weighted by molar-refractivity contribution is 5.84. The molecular formula is C18H20FN3. The highest BCUT2D eigenvalue weighted by Gasteiger charge is 2.23. The summed E-state index contributed by atoms with van der Waals surface area (Å²) < 4.78 is 13.7. The molecule has 3 nitrogen and oxygen atoms in total. The van der Waals surface area contributed by atoms with E-state index in [0.29, 0.717) is 0 Å². The van der Waals surface area contributed by atoms with Crippen molar-refractivity contribution in [3.8, 4) is 0 Å². The van der Waals surface area contributed by atoms with E-state index in [0.717, 1.165) is 29.6 Å². The summed E-state index contributed by atoms with van der Waals surface area (Å²) in [5.41, 5.74) is 3.23. The van der Waals surface area contributed by atoms with Gasteiger partial charge in [-0.3, -0.25) is 9.88 Å². The van der Waals surface area contributed by atoms with Crippen molar-refractivity contribution in [1.29, 1.82) is 0 Å². The molecule has 0 aliphatic rings. The Morgan fingerprint density at radius 2 is 1.86 bits per heavy atom. The van der Waals surface area contributed by atoms with E-state index in [9.17, 15) is 4.39 Å². The number of fused-ring (bicyclic) bond motifs is 1. The standard InChI is InChI=1S/C18H20FN3/c1-3-22(4-2)18(13-7-9-20-10-8-13)16-12-21-17-6-5-14(19)11-15(16)17/h5-12,18,21H,3-4H2,1-2H3. The van der Waals surface area contributed by atoms with Crippen molar-refractivity contribution in [2.24, 2.45) is 0 Å². The van der Waals surface area contributed by atoms with Gasteiger partial charge in [-0.2, -0.15) is 0 Å². The molecule has 1 N–H and O–H groups in total. The van der Waals surface area contributed by atoms with Crippen molar-refractivity contribution in [1.82, 2.24) is 14.9 Å². The summed E-state index contributed by atoms with van der Waals surface area (Å²) in [6.45, 7) is 6.14. The molecule has 0 amide bonds. The molecule has 3 aromatic rings. The molecule has 0 aliphatic carbocycles. The molecule has 0 saturated carbocycles. The lowest BCUT2D eigenvalue weighted by Gasteiger charge is -2.30. The van der Waals surface area contributed by atoms with Crippen LogP contribution in [0.25, 0.3) is 10.9 Å². The maximum Gasteiger partial charge on any atom is 0.123 e. The fraction of sp³-hybridized carbons (Fsp3) is 0.278. The van der Waals surface area contributed by atoms with Gasteiger partial charge in [0.05, 0.1) is 6.04 Å². The van der Waals surface area contributed by atoms with E-state index in [4.69, 9.17) is 0 Å². The number of hydrogen-bond donors (Lipinski definition) is 1. The second kappa shape index (κ2) is 6.28. The van der Waals surface area contributed by atoms with Gasteiger partial charge in [-0.05, 0) is 54.5 Å². The van der Waals surface area contributed by atoms with Crippen molar-refractivity contribution >= 4 is 10.9 Å². The number of aromatic nitrogens is 2. The molecule has 0 aliphatic heterocycles. The van der Waals surface area contributed by atoms with Crippen LogP contribution in [0, 0.1) is 5.82 Å². The third-order valence-electron chi connectivity index (χ3n) is 4.17. The summed E-state index contributed by atoms with van der Waals surface area (Å²) in [4.78, 5) is 9.73. The maximum absolute atomic E-state index is 13.7. The molecule has 0 saturated heterocycles. The van der Waals surface area contributed by atoms with Gasteiger partial charge in [0.1, 0.15) is 5.82 Å². The monoisotopic (exact) mass is 297 g/mol. The topological polar surface area (TPSA) is 31.9 Å². The number of rotatable bonds is 5. The summed E-state index contributed by atoms with van der Waals surface area (Å²) in [5.74, 6) is -0.207. The van der Waals surface area contributed by atoms with E-state index in [1.165, 1.54) is 11.6 Å². The normalized spacial score (nSPS) is 12.9. The number of nitrogens with one attached hydrogen (secondary N) is 1. The zero-order valence-corrected chi connectivity index (χ0v) is 12.9. The van der Waals surface area contributed by atoms with Crippen molar-refractivity contribution in [3.05, 3.63) is 65.9 Å². The number of halogens is 1. The molecule has 0 radical (unpaired) electrons. The quantitative estimate of drug-likeness (QED) is 0.767. The number of nitrogens with zero attached hydrogens (tertiary/aromatic N) is 2. The molecule has 2 aromatic heterocycles. The fourth-order valence-electron chi connectivity index (χ4n) is 3.06. The minimum Gasteiger partial charge on any atom is -0.361 e. The Morgan fingerprint density at radius 1 is 1.14 bits per heavy atom. The summed E-state index contributed by atoms with van der Waals surface area (Å²) >= 11 is 0. The zero-order valence-electron chi connectivity index (χ0n) is 12.9. The van der Waals surface area contributed by atoms with Crippen LogP contribution in [0.1, 0.15) is 31.0 Å². The van der Waals surface area contributed by atoms with Crippen molar-refractivity contribution < 1.29 is 4.39 Å². The van der Waals surface area contributed by atoms with E-state index in [1.807, 2.05) is 18.3 Å². The summed E-state index contributed by atoms with van der Waals surface area (Å²) in [6.07, 6.45) is 5.61. The molecule has 22 heavy (non-hydrogen) atoms. The van der Waals surface area contributed by atoms with Crippen molar-refractivity contribution in [2.45, 2.75) is 19.9 Å². The predicted octanol–water partition coefficient (Wildman–Crippen LogP) is 4.13. The number of benzene rings is 1. The Kier molecular flexibility index (Phi) is 4.20. The van der Waals surface area contributed by atoms with Gasteiger partial charge in [0.2, 0.25) is 0 Å². The molecule has 0 fully saturated rings. The first-order chi connectivity index (χ1) is 10.7. The highest BCUT2D eigenvalue weighted by atomic mass is 19.1. The smallest absolute Gasteiger partial charge is 0.123 e. The van der Waals surface area contributed by atoms with Crippen LogP contribution in [0.15, 0.2) is 48.9 Å². The zero-order chi connectivity index (χ0) is 15.5. The lowest BCUT2D eigenvalue weighted by atomic mass is 9.97. The minimum absolute atomic E-state index is 0.0912. The lowest BCUT2D eigenvalue weighted by molar-refractivity contribution is 0.252. The molecule has 114 valence electrons. The number of H-pyrrole nitrogens is 1. The maximum atomic E-state index is 13.7. The predicted molar refractivity (Wildman–Crippen MR) is 87.3 cm³/mol. The molecule has 1 atom stereocenters. The third-order valence-corrected chi connectivity index (χ3v) is 4.17. The van der Waals surface area contributed by atoms with Gasteiger partial charge in [-0.15, -0.1) is 0 Å². The summed E-state index contributed by atoms with van der Waals surface area (Å²) in [7, 11) is 0. The SMILES string of the molecule is CCN(CC)C(c1ccncc1)c1c[nH]c2ccc(F)cc12. The van der Waals surface area contributed by atoms with E-state index < -0.39 is 0 Å². The molecule has 0 spiro atoms. The van der Waals surface area contributed by atoms with Crippen LogP contribution in [0.5, 0.6) is 0 Å². The number of aromatic amines is 1. The average molecular weight is 297 g/mol. The lowest BCUT2D eigenvalue weighted by Crippen LogP contribution is -2.29. The molecule has 2 heterocycles. The fourth-order valence-corrected chi connectivity index (χ4v) is 3.06. The first-order valence-corrected chi connectivity index (χ1v) is 7.65. The average Bonchev–Trinajstić information content (AvgIpc) is 2.96. The second-order valence-electron chi connectivity index (χ2n) is 5.34. The molecule has 1 unspecified atom stereocenters. The highest BCUT2D eigenvalue weighted by Crippen LogP contribution is 2.33. The van der Waals surface area contributed by atoms with Crippen LogP contribution < -0.4 is 0 Å². The molecule has 1 aromatic carbocycles. The first-order valence-electron chi connectivity index (χ1n) is 7.65. The van der Waals surface area contributed by atoms with E-state index >= 15 is 0 Å².